The fourth-order valence-corrected chi connectivity index (χ4v) is 3.12. The Labute approximate surface area is 123 Å². The Balaban J connectivity index is 2.22. The molecule has 1 fully saturated rings. The van der Waals surface area contributed by atoms with Gasteiger partial charge in [0.05, 0.1) is 0 Å². The first-order valence-electron chi connectivity index (χ1n) is 7.04. The molecule has 4 nitrogen and oxygen atoms in total. The molecular formula is C14H22BrN3O. The highest BCUT2D eigenvalue weighted by atomic mass is 79.9. The van der Waals surface area contributed by atoms with Crippen molar-refractivity contribution in [3.63, 3.8) is 0 Å². The molecule has 2 heterocycles. The lowest BCUT2D eigenvalue weighted by atomic mass is 10.2. The Hall–Kier alpha value is -0.810. The molecule has 1 N–H and O–H groups in total. The first kappa shape index (κ1) is 14.6. The van der Waals surface area contributed by atoms with Crippen LogP contribution >= 0.6 is 15.9 Å². The summed E-state index contributed by atoms with van der Waals surface area (Å²) in [5.74, 6) is 0.156. The SMILES string of the molecule is CCCN(C(=O)c1cc(Br)cn1CC)C1CCNC1. The number of carbonyl (C=O) groups excluding carboxylic acids is 1. The second kappa shape index (κ2) is 6.57. The fraction of sp³-hybridized carbons (Fsp3) is 0.643. The Morgan fingerprint density at radius 1 is 1.58 bits per heavy atom. The monoisotopic (exact) mass is 327 g/mol. The Bertz CT molecular complexity index is 438. The number of carbonyl (C=O) groups is 1. The molecule has 1 atom stereocenters. The van der Waals surface area contributed by atoms with E-state index in [4.69, 9.17) is 0 Å². The van der Waals surface area contributed by atoms with Crippen LogP contribution in [0.5, 0.6) is 0 Å². The Morgan fingerprint density at radius 2 is 2.37 bits per heavy atom. The van der Waals surface area contributed by atoms with Crippen LogP contribution in [0.25, 0.3) is 0 Å². The quantitative estimate of drug-likeness (QED) is 0.902. The summed E-state index contributed by atoms with van der Waals surface area (Å²) in [6, 6.07) is 2.27. The molecule has 2 rings (SSSR count). The van der Waals surface area contributed by atoms with Crippen LogP contribution in [0.1, 0.15) is 37.2 Å². The number of aryl methyl sites for hydroxylation is 1. The van der Waals surface area contributed by atoms with Crippen LogP contribution in [0.4, 0.5) is 0 Å². The van der Waals surface area contributed by atoms with E-state index in [9.17, 15) is 4.79 Å². The topological polar surface area (TPSA) is 37.3 Å². The lowest BCUT2D eigenvalue weighted by molar-refractivity contribution is 0.0681. The van der Waals surface area contributed by atoms with E-state index >= 15 is 0 Å². The van der Waals surface area contributed by atoms with Crippen molar-refractivity contribution in [1.82, 2.24) is 14.8 Å². The molecule has 0 aliphatic carbocycles. The number of nitrogens with one attached hydrogen (secondary N) is 1. The van der Waals surface area contributed by atoms with Crippen LogP contribution in [0.15, 0.2) is 16.7 Å². The molecule has 19 heavy (non-hydrogen) atoms. The standard InChI is InChI=1S/C14H22BrN3O/c1-3-7-18(12-5-6-16-9-12)14(19)13-8-11(15)10-17(13)4-2/h8,10,12,16H,3-7,9H2,1-2H3. The molecule has 1 aliphatic rings. The van der Waals surface area contributed by atoms with Crippen molar-refractivity contribution in [2.45, 2.75) is 39.3 Å². The molecule has 0 bridgehead atoms. The van der Waals surface area contributed by atoms with Crippen molar-refractivity contribution in [3.05, 3.63) is 22.4 Å². The zero-order valence-corrected chi connectivity index (χ0v) is 13.2. The van der Waals surface area contributed by atoms with Gasteiger partial charge in [-0.25, -0.2) is 0 Å². The summed E-state index contributed by atoms with van der Waals surface area (Å²) in [7, 11) is 0. The maximum atomic E-state index is 12.8. The first-order chi connectivity index (χ1) is 9.17. The molecule has 1 amide bonds. The van der Waals surface area contributed by atoms with Crippen LogP contribution in [0.2, 0.25) is 0 Å². The van der Waals surface area contributed by atoms with E-state index in [2.05, 4.69) is 35.1 Å². The first-order valence-corrected chi connectivity index (χ1v) is 7.84. The van der Waals surface area contributed by atoms with Gasteiger partial charge in [-0.05, 0) is 48.3 Å². The van der Waals surface area contributed by atoms with E-state index in [0.29, 0.717) is 6.04 Å². The van der Waals surface area contributed by atoms with E-state index < -0.39 is 0 Å². The highest BCUT2D eigenvalue weighted by Crippen LogP contribution is 2.19. The van der Waals surface area contributed by atoms with Gasteiger partial charge in [-0.2, -0.15) is 0 Å². The van der Waals surface area contributed by atoms with Crippen LogP contribution in [0.3, 0.4) is 0 Å². The third-order valence-electron chi connectivity index (χ3n) is 3.62. The minimum Gasteiger partial charge on any atom is -0.343 e. The molecule has 1 aliphatic heterocycles. The Kier molecular flexibility index (Phi) is 5.05. The second-order valence-corrected chi connectivity index (χ2v) is 5.89. The van der Waals surface area contributed by atoms with Crippen molar-refractivity contribution >= 4 is 21.8 Å². The van der Waals surface area contributed by atoms with Gasteiger partial charge in [0.1, 0.15) is 5.69 Å². The van der Waals surface area contributed by atoms with Crippen molar-refractivity contribution < 1.29 is 4.79 Å². The zero-order valence-electron chi connectivity index (χ0n) is 11.7. The van der Waals surface area contributed by atoms with Gasteiger partial charge in [-0.15, -0.1) is 0 Å². The summed E-state index contributed by atoms with van der Waals surface area (Å²) in [4.78, 5) is 14.8. The van der Waals surface area contributed by atoms with Crippen molar-refractivity contribution in [2.75, 3.05) is 19.6 Å². The van der Waals surface area contributed by atoms with Crippen LogP contribution in [0, 0.1) is 0 Å². The van der Waals surface area contributed by atoms with Crippen LogP contribution in [-0.4, -0.2) is 41.1 Å². The average Bonchev–Trinajstić information content (AvgIpc) is 3.04. The van der Waals surface area contributed by atoms with Gasteiger partial charge in [0.25, 0.3) is 5.91 Å². The summed E-state index contributed by atoms with van der Waals surface area (Å²) < 4.78 is 2.98. The minimum absolute atomic E-state index is 0.156. The van der Waals surface area contributed by atoms with Gasteiger partial charge in [0.2, 0.25) is 0 Å². The van der Waals surface area contributed by atoms with Gasteiger partial charge in [0.15, 0.2) is 0 Å². The van der Waals surface area contributed by atoms with Crippen molar-refractivity contribution in [1.29, 1.82) is 0 Å². The van der Waals surface area contributed by atoms with E-state index in [1.165, 1.54) is 0 Å². The zero-order chi connectivity index (χ0) is 13.8. The summed E-state index contributed by atoms with van der Waals surface area (Å²) in [6.07, 6.45) is 4.03. The highest BCUT2D eigenvalue weighted by Gasteiger charge is 2.28. The molecule has 5 heteroatoms. The molecule has 1 aromatic heterocycles. The number of rotatable bonds is 5. The molecular weight excluding hydrogens is 306 g/mol. The summed E-state index contributed by atoms with van der Waals surface area (Å²) >= 11 is 3.46. The predicted molar refractivity (Wildman–Crippen MR) is 80.4 cm³/mol. The summed E-state index contributed by atoms with van der Waals surface area (Å²) in [6.45, 7) is 7.76. The molecule has 0 spiro atoms. The normalized spacial score (nSPS) is 18.8. The lowest BCUT2D eigenvalue weighted by Gasteiger charge is -2.28. The highest BCUT2D eigenvalue weighted by molar-refractivity contribution is 9.10. The fourth-order valence-electron chi connectivity index (χ4n) is 2.66. The van der Waals surface area contributed by atoms with Gasteiger partial charge >= 0.3 is 0 Å². The van der Waals surface area contributed by atoms with Gasteiger partial charge < -0.3 is 14.8 Å². The largest absolute Gasteiger partial charge is 0.343 e. The third-order valence-corrected chi connectivity index (χ3v) is 4.06. The van der Waals surface area contributed by atoms with E-state index in [0.717, 1.165) is 49.2 Å². The number of nitrogens with zero attached hydrogens (tertiary/aromatic N) is 2. The Morgan fingerprint density at radius 3 is 2.95 bits per heavy atom. The number of hydrogen-bond donors (Lipinski definition) is 1. The third kappa shape index (κ3) is 3.20. The molecule has 1 unspecified atom stereocenters. The number of hydrogen-bond acceptors (Lipinski definition) is 2. The minimum atomic E-state index is 0.156. The van der Waals surface area contributed by atoms with E-state index in [1.54, 1.807) is 0 Å². The maximum Gasteiger partial charge on any atom is 0.270 e. The average molecular weight is 328 g/mol. The molecule has 0 saturated carbocycles. The van der Waals surface area contributed by atoms with E-state index in [-0.39, 0.29) is 5.91 Å². The molecule has 0 aromatic carbocycles. The summed E-state index contributed by atoms with van der Waals surface area (Å²) in [5.41, 5.74) is 0.787. The molecule has 106 valence electrons. The van der Waals surface area contributed by atoms with Gasteiger partial charge in [-0.1, -0.05) is 6.92 Å². The smallest absolute Gasteiger partial charge is 0.270 e. The van der Waals surface area contributed by atoms with Crippen molar-refractivity contribution in [2.24, 2.45) is 0 Å². The van der Waals surface area contributed by atoms with E-state index in [1.807, 2.05) is 21.7 Å². The maximum absolute atomic E-state index is 12.8. The van der Waals surface area contributed by atoms with Gasteiger partial charge in [-0.3, -0.25) is 4.79 Å². The van der Waals surface area contributed by atoms with Crippen molar-refractivity contribution in [3.8, 4) is 0 Å². The predicted octanol–water partition coefficient (Wildman–Crippen LogP) is 2.48. The summed E-state index contributed by atoms with van der Waals surface area (Å²) in [5, 5.41) is 3.34. The van der Waals surface area contributed by atoms with Crippen LogP contribution < -0.4 is 5.32 Å². The van der Waals surface area contributed by atoms with Crippen LogP contribution in [-0.2, 0) is 6.54 Å². The molecule has 0 radical (unpaired) electrons. The second-order valence-electron chi connectivity index (χ2n) is 4.97. The molecule has 1 aromatic rings. The molecule has 1 saturated heterocycles. The van der Waals surface area contributed by atoms with Gasteiger partial charge in [0, 0.05) is 36.3 Å². The number of amides is 1. The number of aromatic nitrogens is 1. The number of halogens is 1. The lowest BCUT2D eigenvalue weighted by Crippen LogP contribution is -2.42.